The number of fused-ring (bicyclic) bond motifs is 1. The molecule has 4 aromatic rings. The molecular formula is C17H15ClN8O2. The molecule has 4 N–H and O–H groups in total. The van der Waals surface area contributed by atoms with Gasteiger partial charge in [0.15, 0.2) is 5.82 Å². The number of benzene rings is 1. The van der Waals surface area contributed by atoms with E-state index in [0.29, 0.717) is 39.0 Å². The Bertz CT molecular complexity index is 1240. The summed E-state index contributed by atoms with van der Waals surface area (Å²) >= 11 is 6.10. The van der Waals surface area contributed by atoms with Gasteiger partial charge in [0.1, 0.15) is 29.4 Å². The fourth-order valence-corrected chi connectivity index (χ4v) is 3.02. The molecule has 0 fully saturated rings. The van der Waals surface area contributed by atoms with Crippen LogP contribution in [0.5, 0.6) is 0 Å². The molecule has 1 unspecified atom stereocenters. The predicted molar refractivity (Wildman–Crippen MR) is 104 cm³/mol. The number of hydrogen-bond donors (Lipinski definition) is 3. The van der Waals surface area contributed by atoms with Crippen molar-refractivity contribution in [3.8, 4) is 11.5 Å². The minimum atomic E-state index is -0.423. The first-order valence-corrected chi connectivity index (χ1v) is 8.68. The molecule has 10 nitrogen and oxygen atoms in total. The van der Waals surface area contributed by atoms with E-state index in [1.807, 2.05) is 6.92 Å². The third-order valence-electron chi connectivity index (χ3n) is 4.08. The third-order valence-corrected chi connectivity index (χ3v) is 4.40. The fraction of sp³-hybridized carbons (Fsp3) is 0.176. The van der Waals surface area contributed by atoms with Crippen LogP contribution in [-0.4, -0.2) is 30.1 Å². The van der Waals surface area contributed by atoms with Crippen LogP contribution in [-0.2, 0) is 0 Å². The maximum atomic E-state index is 12.4. The predicted octanol–water partition coefficient (Wildman–Crippen LogP) is 2.48. The number of nitrogens with zero attached hydrogens (tertiary/aromatic N) is 5. The molecule has 1 aromatic carbocycles. The van der Waals surface area contributed by atoms with Crippen LogP contribution in [0.15, 0.2) is 33.8 Å². The second kappa shape index (κ2) is 6.89. The van der Waals surface area contributed by atoms with E-state index in [0.717, 1.165) is 0 Å². The Morgan fingerprint density at radius 2 is 2.11 bits per heavy atom. The molecule has 0 spiro atoms. The SMILES string of the molecule is Cc1noc(-c2c(N)ncnc2NC(C)c2nc3cccc(Cl)c3c(=O)[nH]2)n1. The molecule has 0 amide bonds. The van der Waals surface area contributed by atoms with E-state index >= 15 is 0 Å². The zero-order valence-electron chi connectivity index (χ0n) is 14.9. The largest absolute Gasteiger partial charge is 0.383 e. The molecule has 28 heavy (non-hydrogen) atoms. The van der Waals surface area contributed by atoms with Crippen LogP contribution in [0, 0.1) is 6.92 Å². The molecule has 0 saturated heterocycles. The maximum absolute atomic E-state index is 12.4. The highest BCUT2D eigenvalue weighted by molar-refractivity contribution is 6.35. The average molecular weight is 399 g/mol. The van der Waals surface area contributed by atoms with Crippen LogP contribution in [0.1, 0.15) is 24.6 Å². The van der Waals surface area contributed by atoms with E-state index in [9.17, 15) is 4.79 Å². The quantitative estimate of drug-likeness (QED) is 0.471. The molecule has 1 atom stereocenters. The molecule has 0 saturated carbocycles. The van der Waals surface area contributed by atoms with Crippen molar-refractivity contribution in [1.82, 2.24) is 30.1 Å². The number of halogens is 1. The van der Waals surface area contributed by atoms with Gasteiger partial charge in [0.2, 0.25) is 0 Å². The molecular weight excluding hydrogens is 384 g/mol. The minimum Gasteiger partial charge on any atom is -0.383 e. The number of nitrogens with one attached hydrogen (secondary N) is 2. The zero-order valence-corrected chi connectivity index (χ0v) is 15.7. The summed E-state index contributed by atoms with van der Waals surface area (Å²) in [7, 11) is 0. The lowest BCUT2D eigenvalue weighted by molar-refractivity contribution is 0.425. The highest BCUT2D eigenvalue weighted by Crippen LogP contribution is 2.31. The lowest BCUT2D eigenvalue weighted by Gasteiger charge is -2.16. The molecule has 3 heterocycles. The Kier molecular flexibility index (Phi) is 4.40. The summed E-state index contributed by atoms with van der Waals surface area (Å²) < 4.78 is 5.20. The molecule has 0 aliphatic carbocycles. The Hall–Kier alpha value is -3.53. The number of rotatable bonds is 4. The van der Waals surface area contributed by atoms with Gasteiger partial charge < -0.3 is 20.6 Å². The summed E-state index contributed by atoms with van der Waals surface area (Å²) in [6.45, 7) is 3.51. The lowest BCUT2D eigenvalue weighted by atomic mass is 10.2. The van der Waals surface area contributed by atoms with Crippen LogP contribution in [0.2, 0.25) is 5.02 Å². The van der Waals surface area contributed by atoms with E-state index in [1.54, 1.807) is 25.1 Å². The van der Waals surface area contributed by atoms with Crippen LogP contribution >= 0.6 is 11.6 Å². The van der Waals surface area contributed by atoms with Gasteiger partial charge in [0.05, 0.1) is 22.0 Å². The molecule has 0 aliphatic heterocycles. The molecule has 0 radical (unpaired) electrons. The monoisotopic (exact) mass is 398 g/mol. The van der Waals surface area contributed by atoms with Gasteiger partial charge in [-0.1, -0.05) is 22.8 Å². The zero-order chi connectivity index (χ0) is 19.8. The summed E-state index contributed by atoms with van der Waals surface area (Å²) in [6, 6.07) is 4.68. The van der Waals surface area contributed by atoms with E-state index in [1.165, 1.54) is 6.33 Å². The van der Waals surface area contributed by atoms with Crippen molar-refractivity contribution in [1.29, 1.82) is 0 Å². The van der Waals surface area contributed by atoms with Crippen molar-refractivity contribution >= 4 is 34.1 Å². The first kappa shape index (κ1) is 17.9. The Labute approximate surface area is 163 Å². The number of nitrogen functional groups attached to an aromatic ring is 1. The van der Waals surface area contributed by atoms with Crippen molar-refractivity contribution in [2.75, 3.05) is 11.1 Å². The number of anilines is 2. The van der Waals surface area contributed by atoms with Gasteiger partial charge in [-0.2, -0.15) is 4.98 Å². The van der Waals surface area contributed by atoms with Crippen molar-refractivity contribution in [2.24, 2.45) is 0 Å². The summed E-state index contributed by atoms with van der Waals surface area (Å²) in [5.74, 6) is 1.61. The first-order chi connectivity index (χ1) is 13.4. The molecule has 142 valence electrons. The standard InChI is InChI=1S/C17H15ClN8O2/c1-7(14-24-10-5-3-4-9(18)11(10)16(27)25-14)22-15-12(13(19)20-6-21-15)17-23-8(2)26-28-17/h3-7H,1-2H3,(H,24,25,27)(H3,19,20,21,22). The average Bonchev–Trinajstić information content (AvgIpc) is 3.07. The molecule has 11 heteroatoms. The van der Waals surface area contributed by atoms with Gasteiger partial charge in [0, 0.05) is 0 Å². The number of H-pyrrole nitrogens is 1. The van der Waals surface area contributed by atoms with E-state index in [4.69, 9.17) is 21.9 Å². The van der Waals surface area contributed by atoms with Crippen LogP contribution < -0.4 is 16.6 Å². The number of aromatic nitrogens is 6. The topological polar surface area (TPSA) is 148 Å². The lowest BCUT2D eigenvalue weighted by Crippen LogP contribution is -2.19. The number of hydrogen-bond acceptors (Lipinski definition) is 9. The summed E-state index contributed by atoms with van der Waals surface area (Å²) in [4.78, 5) is 32.1. The van der Waals surface area contributed by atoms with Crippen LogP contribution in [0.3, 0.4) is 0 Å². The van der Waals surface area contributed by atoms with Crippen molar-refractivity contribution in [2.45, 2.75) is 19.9 Å². The Morgan fingerprint density at radius 1 is 1.29 bits per heavy atom. The van der Waals surface area contributed by atoms with Gasteiger partial charge in [0.25, 0.3) is 11.4 Å². The normalized spacial score (nSPS) is 12.2. The second-order valence-electron chi connectivity index (χ2n) is 6.08. The summed E-state index contributed by atoms with van der Waals surface area (Å²) in [6.07, 6.45) is 1.31. The van der Waals surface area contributed by atoms with Crippen molar-refractivity contribution in [3.63, 3.8) is 0 Å². The molecule has 3 aromatic heterocycles. The van der Waals surface area contributed by atoms with Crippen LogP contribution in [0.25, 0.3) is 22.4 Å². The van der Waals surface area contributed by atoms with E-state index in [2.05, 4.69) is 35.4 Å². The smallest absolute Gasteiger partial charge is 0.265 e. The highest BCUT2D eigenvalue weighted by Gasteiger charge is 2.20. The van der Waals surface area contributed by atoms with Gasteiger partial charge in [-0.3, -0.25) is 4.79 Å². The van der Waals surface area contributed by atoms with Crippen molar-refractivity contribution < 1.29 is 4.52 Å². The van der Waals surface area contributed by atoms with E-state index in [-0.39, 0.29) is 17.3 Å². The summed E-state index contributed by atoms with van der Waals surface area (Å²) in [5.41, 5.74) is 6.53. The maximum Gasteiger partial charge on any atom is 0.265 e. The van der Waals surface area contributed by atoms with Crippen molar-refractivity contribution in [3.05, 3.63) is 51.6 Å². The van der Waals surface area contributed by atoms with Gasteiger partial charge in [-0.05, 0) is 26.0 Å². The van der Waals surface area contributed by atoms with Gasteiger partial charge in [-0.25, -0.2) is 15.0 Å². The number of aromatic amines is 1. The van der Waals surface area contributed by atoms with Gasteiger partial charge >= 0.3 is 0 Å². The second-order valence-corrected chi connectivity index (χ2v) is 6.49. The molecule has 0 aliphatic rings. The van der Waals surface area contributed by atoms with Crippen LogP contribution in [0.4, 0.5) is 11.6 Å². The van der Waals surface area contributed by atoms with Gasteiger partial charge in [-0.15, -0.1) is 0 Å². The number of nitrogens with two attached hydrogens (primary N) is 1. The van der Waals surface area contributed by atoms with E-state index < -0.39 is 6.04 Å². The first-order valence-electron chi connectivity index (χ1n) is 8.30. The molecule has 0 bridgehead atoms. The Balaban J connectivity index is 1.74. The highest BCUT2D eigenvalue weighted by atomic mass is 35.5. The molecule has 4 rings (SSSR count). The summed E-state index contributed by atoms with van der Waals surface area (Å²) in [5, 5.41) is 7.61. The minimum absolute atomic E-state index is 0.181. The Morgan fingerprint density at radius 3 is 2.86 bits per heavy atom. The fourth-order valence-electron chi connectivity index (χ4n) is 2.76. The number of aryl methyl sites for hydroxylation is 1. The third kappa shape index (κ3) is 3.14.